The van der Waals surface area contributed by atoms with Gasteiger partial charge in [-0.05, 0) is 30.5 Å². The van der Waals surface area contributed by atoms with Crippen molar-refractivity contribution in [1.29, 1.82) is 0 Å². The number of urea groups is 1. The van der Waals surface area contributed by atoms with E-state index in [0.717, 1.165) is 6.07 Å². The van der Waals surface area contributed by atoms with Crippen LogP contribution in [0.15, 0.2) is 22.7 Å². The largest absolute Gasteiger partial charge is 0.361 e. The number of hydrogen-bond donors (Lipinski definition) is 1. The van der Waals surface area contributed by atoms with E-state index < -0.39 is 11.6 Å². The molecule has 1 aromatic carbocycles. The maximum Gasteiger partial charge on any atom is 0.318 e. The van der Waals surface area contributed by atoms with Crippen LogP contribution in [0.25, 0.3) is 0 Å². The van der Waals surface area contributed by atoms with E-state index in [-0.39, 0.29) is 19.1 Å². The quantitative estimate of drug-likeness (QED) is 0.927. The van der Waals surface area contributed by atoms with Gasteiger partial charge in [0, 0.05) is 25.2 Å². The van der Waals surface area contributed by atoms with Gasteiger partial charge in [0.1, 0.15) is 23.1 Å². The molecular weight excluding hydrogens is 292 g/mol. The van der Waals surface area contributed by atoms with Crippen molar-refractivity contribution in [3.05, 3.63) is 52.4 Å². The molecule has 0 saturated carbocycles. The molecule has 1 aliphatic heterocycles. The van der Waals surface area contributed by atoms with Crippen LogP contribution in [0.4, 0.5) is 13.6 Å². The molecule has 0 fully saturated rings. The molecule has 116 valence electrons. The smallest absolute Gasteiger partial charge is 0.318 e. The van der Waals surface area contributed by atoms with Gasteiger partial charge in [0.2, 0.25) is 0 Å². The lowest BCUT2D eigenvalue weighted by atomic mass is 9.99. The number of amides is 2. The Kier molecular flexibility index (Phi) is 3.79. The van der Waals surface area contributed by atoms with Crippen molar-refractivity contribution in [3.8, 4) is 0 Å². The molecule has 0 atom stereocenters. The number of rotatable bonds is 2. The van der Waals surface area contributed by atoms with Crippen molar-refractivity contribution in [3.63, 3.8) is 0 Å². The summed E-state index contributed by atoms with van der Waals surface area (Å²) < 4.78 is 31.8. The van der Waals surface area contributed by atoms with Gasteiger partial charge in [0.15, 0.2) is 0 Å². The first kappa shape index (κ1) is 14.5. The average Bonchev–Trinajstić information content (AvgIpc) is 2.89. The van der Waals surface area contributed by atoms with E-state index in [9.17, 15) is 13.6 Å². The van der Waals surface area contributed by atoms with Crippen LogP contribution < -0.4 is 5.32 Å². The zero-order chi connectivity index (χ0) is 15.7. The molecule has 0 spiro atoms. The van der Waals surface area contributed by atoms with Crippen molar-refractivity contribution >= 4 is 6.03 Å². The highest BCUT2D eigenvalue weighted by Crippen LogP contribution is 2.23. The highest BCUT2D eigenvalue weighted by atomic mass is 19.1. The average molecular weight is 307 g/mol. The summed E-state index contributed by atoms with van der Waals surface area (Å²) in [4.78, 5) is 13.6. The van der Waals surface area contributed by atoms with E-state index in [1.807, 2.05) is 0 Å². The molecule has 0 radical (unpaired) electrons. The van der Waals surface area contributed by atoms with Gasteiger partial charge in [-0.25, -0.2) is 13.6 Å². The standard InChI is InChI=1S/C15H15F2N3O2/c1-9-4-12(19-22-9)7-18-15(21)20-3-2-13-10(8-20)5-11(16)6-14(13)17/h4-6H,2-3,7-8H2,1H3,(H,18,21). The van der Waals surface area contributed by atoms with Crippen molar-refractivity contribution in [2.24, 2.45) is 0 Å². The summed E-state index contributed by atoms with van der Waals surface area (Å²) in [6, 6.07) is 3.59. The number of halogens is 2. The van der Waals surface area contributed by atoms with Gasteiger partial charge in [-0.2, -0.15) is 0 Å². The summed E-state index contributed by atoms with van der Waals surface area (Å²) in [5.74, 6) is -0.508. The second-order valence-electron chi connectivity index (χ2n) is 5.28. The number of carbonyl (C=O) groups is 1. The topological polar surface area (TPSA) is 58.4 Å². The van der Waals surface area contributed by atoms with E-state index in [0.29, 0.717) is 35.5 Å². The van der Waals surface area contributed by atoms with Crippen LogP contribution in [0.3, 0.4) is 0 Å². The van der Waals surface area contributed by atoms with Crippen LogP contribution in [0.1, 0.15) is 22.6 Å². The number of aryl methyl sites for hydroxylation is 1. The molecule has 0 unspecified atom stereocenters. The van der Waals surface area contributed by atoms with Gasteiger partial charge in [-0.3, -0.25) is 0 Å². The highest BCUT2D eigenvalue weighted by molar-refractivity contribution is 5.74. The molecule has 7 heteroatoms. The van der Waals surface area contributed by atoms with Crippen LogP contribution >= 0.6 is 0 Å². The van der Waals surface area contributed by atoms with Gasteiger partial charge >= 0.3 is 6.03 Å². The minimum atomic E-state index is -0.628. The Labute approximate surface area is 125 Å². The Morgan fingerprint density at radius 3 is 2.95 bits per heavy atom. The predicted octanol–water partition coefficient (Wildman–Crippen LogP) is 2.53. The lowest BCUT2D eigenvalue weighted by Crippen LogP contribution is -2.42. The number of nitrogens with zero attached hydrogens (tertiary/aromatic N) is 2. The summed E-state index contributed by atoms with van der Waals surface area (Å²) >= 11 is 0. The maximum absolute atomic E-state index is 13.7. The number of carbonyl (C=O) groups excluding carboxylic acids is 1. The third-order valence-electron chi connectivity index (χ3n) is 3.63. The first-order valence-corrected chi connectivity index (χ1v) is 6.94. The third kappa shape index (κ3) is 2.93. The number of hydrogen-bond acceptors (Lipinski definition) is 3. The zero-order valence-electron chi connectivity index (χ0n) is 12.0. The molecule has 2 heterocycles. The third-order valence-corrected chi connectivity index (χ3v) is 3.63. The van der Waals surface area contributed by atoms with Crippen LogP contribution in [-0.4, -0.2) is 22.6 Å². The fourth-order valence-electron chi connectivity index (χ4n) is 2.56. The van der Waals surface area contributed by atoms with Crippen LogP contribution in [0.2, 0.25) is 0 Å². The van der Waals surface area contributed by atoms with E-state index >= 15 is 0 Å². The molecule has 2 amide bonds. The molecule has 1 aromatic heterocycles. The van der Waals surface area contributed by atoms with Gasteiger partial charge < -0.3 is 14.7 Å². The van der Waals surface area contributed by atoms with E-state index in [1.54, 1.807) is 13.0 Å². The minimum absolute atomic E-state index is 0.188. The molecule has 5 nitrogen and oxygen atoms in total. The monoisotopic (exact) mass is 307 g/mol. The summed E-state index contributed by atoms with van der Waals surface area (Å²) in [6.45, 7) is 2.59. The Morgan fingerprint density at radius 2 is 2.23 bits per heavy atom. The Morgan fingerprint density at radius 1 is 1.41 bits per heavy atom. The molecule has 0 saturated heterocycles. The van der Waals surface area contributed by atoms with Crippen molar-refractivity contribution in [2.75, 3.05) is 6.54 Å². The first-order valence-electron chi connectivity index (χ1n) is 6.94. The second kappa shape index (κ2) is 5.75. The minimum Gasteiger partial charge on any atom is -0.361 e. The van der Waals surface area contributed by atoms with Gasteiger partial charge in [0.25, 0.3) is 0 Å². The van der Waals surface area contributed by atoms with Crippen molar-refractivity contribution in [2.45, 2.75) is 26.4 Å². The SMILES string of the molecule is Cc1cc(CNC(=O)N2CCc3c(F)cc(F)cc3C2)no1. The zero-order valence-corrected chi connectivity index (χ0v) is 12.0. The predicted molar refractivity (Wildman–Crippen MR) is 73.9 cm³/mol. The van der Waals surface area contributed by atoms with Crippen molar-refractivity contribution in [1.82, 2.24) is 15.4 Å². The summed E-state index contributed by atoms with van der Waals surface area (Å²) in [7, 11) is 0. The van der Waals surface area contributed by atoms with Crippen molar-refractivity contribution < 1.29 is 18.1 Å². The molecule has 22 heavy (non-hydrogen) atoms. The van der Waals surface area contributed by atoms with Crippen LogP contribution in [0, 0.1) is 18.6 Å². The van der Waals surface area contributed by atoms with Gasteiger partial charge in [0.05, 0.1) is 6.54 Å². The lowest BCUT2D eigenvalue weighted by molar-refractivity contribution is 0.191. The highest BCUT2D eigenvalue weighted by Gasteiger charge is 2.23. The van der Waals surface area contributed by atoms with Crippen LogP contribution in [0.5, 0.6) is 0 Å². The number of nitrogens with one attached hydrogen (secondary N) is 1. The van der Waals surface area contributed by atoms with E-state index in [1.165, 1.54) is 11.0 Å². The molecule has 0 aliphatic carbocycles. The number of aromatic nitrogens is 1. The van der Waals surface area contributed by atoms with Crippen LogP contribution in [-0.2, 0) is 19.5 Å². The van der Waals surface area contributed by atoms with Gasteiger partial charge in [-0.15, -0.1) is 0 Å². The molecular formula is C15H15F2N3O2. The fourth-order valence-corrected chi connectivity index (χ4v) is 2.56. The summed E-state index contributed by atoms with van der Waals surface area (Å²) in [5.41, 5.74) is 1.62. The molecule has 1 aliphatic rings. The maximum atomic E-state index is 13.7. The second-order valence-corrected chi connectivity index (χ2v) is 5.28. The molecule has 2 aromatic rings. The summed E-state index contributed by atoms with van der Waals surface area (Å²) in [6.07, 6.45) is 0.373. The lowest BCUT2D eigenvalue weighted by Gasteiger charge is -2.29. The Balaban J connectivity index is 1.65. The number of benzene rings is 1. The normalized spacial score (nSPS) is 13.9. The fraction of sp³-hybridized carbons (Fsp3) is 0.333. The Bertz CT molecular complexity index is 715. The summed E-state index contributed by atoms with van der Waals surface area (Å²) in [5, 5.41) is 6.50. The molecule has 3 rings (SSSR count). The molecule has 1 N–H and O–H groups in total. The van der Waals surface area contributed by atoms with Gasteiger partial charge in [-0.1, -0.05) is 5.16 Å². The Hall–Kier alpha value is -2.44. The first-order chi connectivity index (χ1) is 10.5. The van der Waals surface area contributed by atoms with E-state index in [4.69, 9.17) is 4.52 Å². The molecule has 0 bridgehead atoms. The van der Waals surface area contributed by atoms with E-state index in [2.05, 4.69) is 10.5 Å². The number of fused-ring (bicyclic) bond motifs is 1.